The lowest BCUT2D eigenvalue weighted by Crippen LogP contribution is -2.31. The minimum absolute atomic E-state index is 0.0322. The normalized spacial score (nSPS) is 14.3. The van der Waals surface area contributed by atoms with E-state index in [9.17, 15) is 4.79 Å². The van der Waals surface area contributed by atoms with Gasteiger partial charge in [-0.05, 0) is 62.1 Å². The van der Waals surface area contributed by atoms with Crippen LogP contribution in [-0.4, -0.2) is 44.6 Å². The zero-order valence-electron chi connectivity index (χ0n) is 18.4. The van der Waals surface area contributed by atoms with Crippen molar-refractivity contribution >= 4 is 17.7 Å². The highest BCUT2D eigenvalue weighted by Crippen LogP contribution is 2.29. The molecule has 0 atom stereocenters. The highest BCUT2D eigenvalue weighted by molar-refractivity contribution is 7.99. The molecule has 0 bridgehead atoms. The predicted octanol–water partition coefficient (Wildman–Crippen LogP) is 4.52. The van der Waals surface area contributed by atoms with Crippen LogP contribution in [0, 0.1) is 5.92 Å². The molecule has 1 amide bonds. The summed E-state index contributed by atoms with van der Waals surface area (Å²) < 4.78 is 7.53. The molecule has 8 heteroatoms. The lowest BCUT2D eigenvalue weighted by atomic mass is 9.89. The number of ether oxygens (including phenoxy) is 1. The Morgan fingerprint density at radius 1 is 1.16 bits per heavy atom. The van der Waals surface area contributed by atoms with Gasteiger partial charge in [-0.2, -0.15) is 0 Å². The van der Waals surface area contributed by atoms with Gasteiger partial charge in [-0.15, -0.1) is 10.2 Å². The van der Waals surface area contributed by atoms with Crippen molar-refractivity contribution in [3.8, 4) is 22.8 Å². The van der Waals surface area contributed by atoms with E-state index in [0.717, 1.165) is 23.5 Å². The molecule has 0 radical (unpaired) electrons. The first-order chi connectivity index (χ1) is 15.7. The van der Waals surface area contributed by atoms with Crippen LogP contribution in [0.1, 0.15) is 39.0 Å². The largest absolute Gasteiger partial charge is 0.494 e. The van der Waals surface area contributed by atoms with E-state index in [1.807, 2.05) is 47.9 Å². The number of carbonyl (C=O) groups excluding carboxylic acids is 1. The Labute approximate surface area is 193 Å². The molecule has 1 aromatic carbocycles. The van der Waals surface area contributed by atoms with E-state index in [1.54, 1.807) is 12.4 Å². The van der Waals surface area contributed by atoms with Crippen molar-refractivity contribution in [1.82, 2.24) is 25.1 Å². The van der Waals surface area contributed by atoms with E-state index in [2.05, 4.69) is 20.5 Å². The molecule has 168 valence electrons. The van der Waals surface area contributed by atoms with Gasteiger partial charge in [0.1, 0.15) is 5.75 Å². The van der Waals surface area contributed by atoms with Crippen molar-refractivity contribution in [2.24, 2.45) is 5.92 Å². The number of aromatic nitrogens is 4. The standard InChI is InChI=1S/C24H29N5O2S/c1-2-31-21-12-10-20(11-13-21)29-23(19-9-6-14-25-16-19)27-28-24(29)32-17-22(30)26-15-18-7-4-3-5-8-18/h6,9-14,16,18H,2-5,7-8,15,17H2,1H3,(H,26,30). The maximum atomic E-state index is 12.5. The lowest BCUT2D eigenvalue weighted by Gasteiger charge is -2.21. The number of pyridine rings is 1. The molecular formula is C24H29N5O2S. The Morgan fingerprint density at radius 3 is 2.69 bits per heavy atom. The molecule has 3 aromatic rings. The number of hydrogen-bond donors (Lipinski definition) is 1. The number of thioether (sulfide) groups is 1. The van der Waals surface area contributed by atoms with Crippen molar-refractivity contribution in [2.75, 3.05) is 18.9 Å². The average molecular weight is 452 g/mol. The molecule has 0 saturated heterocycles. The topological polar surface area (TPSA) is 81.9 Å². The van der Waals surface area contributed by atoms with Crippen LogP contribution in [0.3, 0.4) is 0 Å². The number of nitrogens with one attached hydrogen (secondary N) is 1. The van der Waals surface area contributed by atoms with Crippen LogP contribution < -0.4 is 10.1 Å². The molecule has 4 rings (SSSR count). The van der Waals surface area contributed by atoms with Crippen molar-refractivity contribution in [2.45, 2.75) is 44.2 Å². The lowest BCUT2D eigenvalue weighted by molar-refractivity contribution is -0.118. The summed E-state index contributed by atoms with van der Waals surface area (Å²) in [6.07, 6.45) is 9.80. The van der Waals surface area contributed by atoms with E-state index in [4.69, 9.17) is 4.74 Å². The molecule has 2 heterocycles. The summed E-state index contributed by atoms with van der Waals surface area (Å²) in [5.74, 6) is 2.44. The van der Waals surface area contributed by atoms with Gasteiger partial charge in [0, 0.05) is 30.2 Å². The fourth-order valence-corrected chi connectivity index (χ4v) is 4.75. The SMILES string of the molecule is CCOc1ccc(-n2c(SCC(=O)NCC3CCCCC3)nnc2-c2cccnc2)cc1. The number of carbonyl (C=O) groups is 1. The van der Waals surface area contributed by atoms with E-state index < -0.39 is 0 Å². The smallest absolute Gasteiger partial charge is 0.230 e. The van der Waals surface area contributed by atoms with Crippen molar-refractivity contribution in [3.63, 3.8) is 0 Å². The van der Waals surface area contributed by atoms with Crippen LogP contribution in [0.15, 0.2) is 53.9 Å². The fourth-order valence-electron chi connectivity index (χ4n) is 3.97. The number of benzene rings is 1. The first-order valence-electron chi connectivity index (χ1n) is 11.2. The van der Waals surface area contributed by atoms with Crippen molar-refractivity contribution in [3.05, 3.63) is 48.8 Å². The molecule has 1 aliphatic carbocycles. The number of amides is 1. The Balaban J connectivity index is 1.50. The molecule has 0 spiro atoms. The van der Waals surface area contributed by atoms with E-state index in [1.165, 1.54) is 43.9 Å². The van der Waals surface area contributed by atoms with Gasteiger partial charge in [-0.3, -0.25) is 14.3 Å². The maximum absolute atomic E-state index is 12.5. The minimum Gasteiger partial charge on any atom is -0.494 e. The Morgan fingerprint density at radius 2 is 1.97 bits per heavy atom. The molecule has 2 aromatic heterocycles. The monoisotopic (exact) mass is 451 g/mol. The van der Waals surface area contributed by atoms with Crippen LogP contribution in [0.5, 0.6) is 5.75 Å². The zero-order chi connectivity index (χ0) is 22.2. The van der Waals surface area contributed by atoms with Gasteiger partial charge in [0.25, 0.3) is 0 Å². The van der Waals surface area contributed by atoms with E-state index >= 15 is 0 Å². The summed E-state index contributed by atoms with van der Waals surface area (Å²) in [7, 11) is 0. The summed E-state index contributed by atoms with van der Waals surface area (Å²) in [5, 5.41) is 12.6. The molecular weight excluding hydrogens is 422 g/mol. The molecule has 1 fully saturated rings. The van der Waals surface area contributed by atoms with Crippen LogP contribution >= 0.6 is 11.8 Å². The second-order valence-electron chi connectivity index (χ2n) is 7.91. The summed E-state index contributed by atoms with van der Waals surface area (Å²) in [6, 6.07) is 11.6. The molecule has 1 aliphatic rings. The predicted molar refractivity (Wildman–Crippen MR) is 126 cm³/mol. The summed E-state index contributed by atoms with van der Waals surface area (Å²) in [6.45, 7) is 3.35. The Bertz CT molecular complexity index is 1000. The van der Waals surface area contributed by atoms with Gasteiger partial charge in [0.05, 0.1) is 12.4 Å². The van der Waals surface area contributed by atoms with Gasteiger partial charge < -0.3 is 10.1 Å². The molecule has 0 aliphatic heterocycles. The maximum Gasteiger partial charge on any atom is 0.230 e. The number of rotatable bonds is 9. The van der Waals surface area contributed by atoms with Gasteiger partial charge in [0.2, 0.25) is 5.91 Å². The van der Waals surface area contributed by atoms with Crippen LogP contribution in [0.2, 0.25) is 0 Å². The zero-order valence-corrected chi connectivity index (χ0v) is 19.2. The molecule has 7 nitrogen and oxygen atoms in total. The molecule has 32 heavy (non-hydrogen) atoms. The van der Waals surface area contributed by atoms with Gasteiger partial charge in [-0.1, -0.05) is 31.0 Å². The third-order valence-corrected chi connectivity index (χ3v) is 6.53. The first-order valence-corrected chi connectivity index (χ1v) is 12.2. The van der Waals surface area contributed by atoms with E-state index in [-0.39, 0.29) is 5.91 Å². The summed E-state index contributed by atoms with van der Waals surface area (Å²) >= 11 is 1.39. The quantitative estimate of drug-likeness (QED) is 0.482. The van der Waals surface area contributed by atoms with Crippen LogP contribution in [0.4, 0.5) is 0 Å². The summed E-state index contributed by atoms with van der Waals surface area (Å²) in [4.78, 5) is 16.7. The number of nitrogens with zero attached hydrogens (tertiary/aromatic N) is 4. The van der Waals surface area contributed by atoms with E-state index in [0.29, 0.717) is 29.3 Å². The Hall–Kier alpha value is -2.87. The molecule has 1 N–H and O–H groups in total. The van der Waals surface area contributed by atoms with Crippen LogP contribution in [-0.2, 0) is 4.79 Å². The van der Waals surface area contributed by atoms with Crippen LogP contribution in [0.25, 0.3) is 17.1 Å². The van der Waals surface area contributed by atoms with Crippen molar-refractivity contribution in [1.29, 1.82) is 0 Å². The van der Waals surface area contributed by atoms with Gasteiger partial charge in [0.15, 0.2) is 11.0 Å². The molecule has 1 saturated carbocycles. The van der Waals surface area contributed by atoms with Gasteiger partial charge in [-0.25, -0.2) is 0 Å². The second kappa shape index (κ2) is 11.1. The summed E-state index contributed by atoms with van der Waals surface area (Å²) in [5.41, 5.74) is 1.77. The minimum atomic E-state index is 0.0322. The number of hydrogen-bond acceptors (Lipinski definition) is 6. The first kappa shape index (κ1) is 22.3. The molecule has 0 unspecified atom stereocenters. The van der Waals surface area contributed by atoms with Gasteiger partial charge >= 0.3 is 0 Å². The van der Waals surface area contributed by atoms with Crippen molar-refractivity contribution < 1.29 is 9.53 Å². The second-order valence-corrected chi connectivity index (χ2v) is 8.85. The highest BCUT2D eigenvalue weighted by Gasteiger charge is 2.19. The third kappa shape index (κ3) is 5.68. The fraction of sp³-hybridized carbons (Fsp3) is 0.417. The highest BCUT2D eigenvalue weighted by atomic mass is 32.2. The third-order valence-electron chi connectivity index (χ3n) is 5.60. The average Bonchev–Trinajstić information content (AvgIpc) is 3.27. The Kier molecular flexibility index (Phi) is 7.77.